The summed E-state index contributed by atoms with van der Waals surface area (Å²) in [5.41, 5.74) is 0.767. The molecule has 0 aliphatic rings. The van der Waals surface area contributed by atoms with Crippen LogP contribution in [0.3, 0.4) is 0 Å². The zero-order valence-electron chi connectivity index (χ0n) is 12.2. The van der Waals surface area contributed by atoms with Crippen LogP contribution in [0.5, 0.6) is 5.75 Å². The second-order valence-electron chi connectivity index (χ2n) is 4.33. The number of benzene rings is 1. The van der Waals surface area contributed by atoms with Crippen LogP contribution >= 0.6 is 31.9 Å². The predicted molar refractivity (Wildman–Crippen MR) is 88.6 cm³/mol. The summed E-state index contributed by atoms with van der Waals surface area (Å²) < 4.78 is 9.82. The van der Waals surface area contributed by atoms with E-state index in [-0.39, 0.29) is 6.61 Å². The Hall–Kier alpha value is -1.21. The summed E-state index contributed by atoms with van der Waals surface area (Å²) in [6, 6.07) is 7.22. The summed E-state index contributed by atoms with van der Waals surface area (Å²) >= 11 is 6.70. The van der Waals surface area contributed by atoms with Gasteiger partial charge in [-0.05, 0) is 13.0 Å². The van der Waals surface area contributed by atoms with Crippen molar-refractivity contribution in [2.45, 2.75) is 23.0 Å². The minimum Gasteiger partial charge on any atom is -0.496 e. The van der Waals surface area contributed by atoms with Crippen LogP contribution in [0, 0.1) is 0 Å². The van der Waals surface area contributed by atoms with Crippen LogP contribution in [0.1, 0.15) is 23.7 Å². The molecule has 0 aliphatic carbocycles. The van der Waals surface area contributed by atoms with Gasteiger partial charge in [-0.1, -0.05) is 50.1 Å². The molecule has 22 heavy (non-hydrogen) atoms. The molecule has 0 spiro atoms. The fraction of sp³-hybridized carbons (Fsp3) is 0.400. The number of esters is 1. The van der Waals surface area contributed by atoms with E-state index in [9.17, 15) is 14.4 Å². The molecule has 7 heteroatoms. The third-order valence-electron chi connectivity index (χ3n) is 2.84. The molecule has 1 aromatic carbocycles. The maximum absolute atomic E-state index is 12.1. The summed E-state index contributed by atoms with van der Waals surface area (Å²) in [6.45, 7) is 1.69. The first-order chi connectivity index (χ1) is 10.4. The molecule has 0 saturated heterocycles. The van der Waals surface area contributed by atoms with Gasteiger partial charge in [0.25, 0.3) is 0 Å². The molecule has 2 atom stereocenters. The largest absolute Gasteiger partial charge is 0.496 e. The van der Waals surface area contributed by atoms with Crippen molar-refractivity contribution < 1.29 is 23.9 Å². The molecule has 120 valence electrons. The number of ketones is 2. The van der Waals surface area contributed by atoms with Gasteiger partial charge in [-0.3, -0.25) is 9.59 Å². The van der Waals surface area contributed by atoms with E-state index in [1.54, 1.807) is 13.0 Å². The van der Waals surface area contributed by atoms with Crippen LogP contribution in [0.25, 0.3) is 0 Å². The molecule has 0 bridgehead atoms. The SMILES string of the molecule is CCOC(=O)C(=O)CC(=O)C(Br)C(Br)c1ccccc1OC. The first-order valence-electron chi connectivity index (χ1n) is 6.56. The van der Waals surface area contributed by atoms with E-state index in [2.05, 4.69) is 36.6 Å². The number of methoxy groups -OCH3 is 1. The normalized spacial score (nSPS) is 13.1. The second kappa shape index (κ2) is 9.05. The first kappa shape index (κ1) is 18.8. The number of para-hydroxylation sites is 1. The van der Waals surface area contributed by atoms with Crippen molar-refractivity contribution >= 4 is 49.4 Å². The fourth-order valence-corrected chi connectivity index (χ4v) is 2.87. The molecule has 5 nitrogen and oxygen atoms in total. The van der Waals surface area contributed by atoms with Crippen LogP contribution in [-0.2, 0) is 19.1 Å². The van der Waals surface area contributed by atoms with E-state index < -0.39 is 33.6 Å². The molecule has 0 heterocycles. The van der Waals surface area contributed by atoms with E-state index in [1.165, 1.54) is 7.11 Å². The summed E-state index contributed by atoms with van der Waals surface area (Å²) in [5.74, 6) is -1.63. The van der Waals surface area contributed by atoms with Gasteiger partial charge in [0, 0.05) is 5.56 Å². The summed E-state index contributed by atoms with van der Waals surface area (Å²) in [6.07, 6.45) is -0.508. The Labute approximate surface area is 145 Å². The second-order valence-corrected chi connectivity index (χ2v) is 6.31. The Kier molecular flexibility index (Phi) is 7.75. The van der Waals surface area contributed by atoms with Crippen LogP contribution in [-0.4, -0.2) is 36.1 Å². The fourth-order valence-electron chi connectivity index (χ4n) is 1.75. The molecule has 0 fully saturated rings. The maximum Gasteiger partial charge on any atom is 0.375 e. The van der Waals surface area contributed by atoms with E-state index in [0.29, 0.717) is 5.75 Å². The standard InChI is InChI=1S/C15H16Br2O5/c1-3-22-15(20)11(19)8-10(18)14(17)13(16)9-6-4-5-7-12(9)21-2/h4-7,13-14H,3,8H2,1-2H3. The number of ether oxygens (including phenoxy) is 2. The lowest BCUT2D eigenvalue weighted by Crippen LogP contribution is -2.26. The van der Waals surface area contributed by atoms with E-state index in [0.717, 1.165) is 5.56 Å². The van der Waals surface area contributed by atoms with Gasteiger partial charge in [0.2, 0.25) is 5.78 Å². The van der Waals surface area contributed by atoms with Crippen molar-refractivity contribution in [2.24, 2.45) is 0 Å². The van der Waals surface area contributed by atoms with Crippen LogP contribution in [0.2, 0.25) is 0 Å². The van der Waals surface area contributed by atoms with Gasteiger partial charge >= 0.3 is 5.97 Å². The highest BCUT2D eigenvalue weighted by molar-refractivity contribution is 9.12. The molecule has 0 aromatic heterocycles. The Morgan fingerprint density at radius 2 is 1.82 bits per heavy atom. The highest BCUT2D eigenvalue weighted by Crippen LogP contribution is 2.37. The molecule has 0 amide bonds. The maximum atomic E-state index is 12.1. The third kappa shape index (κ3) is 4.91. The smallest absolute Gasteiger partial charge is 0.375 e. The van der Waals surface area contributed by atoms with Gasteiger partial charge in [-0.2, -0.15) is 0 Å². The number of hydrogen-bond acceptors (Lipinski definition) is 5. The lowest BCUT2D eigenvalue weighted by Gasteiger charge is -2.18. The molecule has 2 unspecified atom stereocenters. The molecular weight excluding hydrogens is 420 g/mol. The molecule has 0 N–H and O–H groups in total. The monoisotopic (exact) mass is 434 g/mol. The van der Waals surface area contributed by atoms with Crippen molar-refractivity contribution in [3.05, 3.63) is 29.8 Å². The number of Topliss-reactive ketones (excluding diaryl/α,β-unsaturated/α-hetero) is 2. The number of halogens is 2. The number of hydrogen-bond donors (Lipinski definition) is 0. The van der Waals surface area contributed by atoms with Gasteiger partial charge in [-0.25, -0.2) is 4.79 Å². The number of carbonyl (C=O) groups excluding carboxylic acids is 3. The molecule has 0 aliphatic heterocycles. The highest BCUT2D eigenvalue weighted by Gasteiger charge is 2.30. The number of rotatable bonds is 8. The minimum absolute atomic E-state index is 0.0960. The van der Waals surface area contributed by atoms with Crippen molar-refractivity contribution in [3.8, 4) is 5.75 Å². The Morgan fingerprint density at radius 3 is 2.41 bits per heavy atom. The first-order valence-corrected chi connectivity index (χ1v) is 8.39. The zero-order valence-corrected chi connectivity index (χ0v) is 15.3. The van der Waals surface area contributed by atoms with Gasteiger partial charge < -0.3 is 9.47 Å². The highest BCUT2D eigenvalue weighted by atomic mass is 79.9. The van der Waals surface area contributed by atoms with Gasteiger partial charge in [0.1, 0.15) is 5.75 Å². The number of alkyl halides is 2. The third-order valence-corrected chi connectivity index (χ3v) is 5.61. The molecule has 0 radical (unpaired) electrons. The summed E-state index contributed by atoms with van der Waals surface area (Å²) in [4.78, 5) is 33.9. The van der Waals surface area contributed by atoms with E-state index in [4.69, 9.17) is 4.74 Å². The van der Waals surface area contributed by atoms with Crippen molar-refractivity contribution in [2.75, 3.05) is 13.7 Å². The summed E-state index contributed by atoms with van der Waals surface area (Å²) in [7, 11) is 1.54. The average Bonchev–Trinajstić information content (AvgIpc) is 2.53. The Morgan fingerprint density at radius 1 is 1.18 bits per heavy atom. The average molecular weight is 436 g/mol. The van der Waals surface area contributed by atoms with E-state index >= 15 is 0 Å². The Balaban J connectivity index is 2.78. The van der Waals surface area contributed by atoms with E-state index in [1.807, 2.05) is 18.2 Å². The molecule has 0 saturated carbocycles. The Bertz CT molecular complexity index is 559. The van der Waals surface area contributed by atoms with Crippen LogP contribution < -0.4 is 4.74 Å². The van der Waals surface area contributed by atoms with Gasteiger partial charge in [0.15, 0.2) is 5.78 Å². The minimum atomic E-state index is -0.987. The van der Waals surface area contributed by atoms with Crippen molar-refractivity contribution in [1.29, 1.82) is 0 Å². The molecule has 1 aromatic rings. The lowest BCUT2D eigenvalue weighted by atomic mass is 10.0. The van der Waals surface area contributed by atoms with Crippen molar-refractivity contribution in [1.82, 2.24) is 0 Å². The number of carbonyl (C=O) groups is 3. The lowest BCUT2D eigenvalue weighted by molar-refractivity contribution is -0.154. The van der Waals surface area contributed by atoms with Crippen LogP contribution in [0.15, 0.2) is 24.3 Å². The topological polar surface area (TPSA) is 69.7 Å². The summed E-state index contributed by atoms with van der Waals surface area (Å²) in [5, 5.41) is 0. The van der Waals surface area contributed by atoms with Gasteiger partial charge in [-0.15, -0.1) is 0 Å². The molecular formula is C15H16Br2O5. The quantitative estimate of drug-likeness (QED) is 0.271. The van der Waals surface area contributed by atoms with Gasteiger partial charge in [0.05, 0.1) is 29.8 Å². The van der Waals surface area contributed by atoms with Crippen LogP contribution in [0.4, 0.5) is 0 Å². The predicted octanol–water partition coefficient (Wildman–Crippen LogP) is 2.99. The molecule has 1 rings (SSSR count). The zero-order chi connectivity index (χ0) is 16.7. The van der Waals surface area contributed by atoms with Crippen molar-refractivity contribution in [3.63, 3.8) is 0 Å².